The third-order valence-corrected chi connectivity index (χ3v) is 4.92. The number of alkyl halides is 3. The number of nitriles is 1. The lowest BCUT2D eigenvalue weighted by atomic mass is 10.1. The number of amides is 1. The normalized spacial score (nSPS) is 18.7. The Kier molecular flexibility index (Phi) is 5.33. The summed E-state index contributed by atoms with van der Waals surface area (Å²) in [6.45, 7) is 0.751. The summed E-state index contributed by atoms with van der Waals surface area (Å²) in [6, 6.07) is 4.08. The number of aromatic nitrogens is 4. The van der Waals surface area contributed by atoms with Crippen molar-refractivity contribution in [2.24, 2.45) is 0 Å². The molecule has 2 atom stereocenters. The number of carbonyl (C=O) groups is 1. The summed E-state index contributed by atoms with van der Waals surface area (Å²) in [4.78, 5) is 18.0. The van der Waals surface area contributed by atoms with Crippen molar-refractivity contribution in [2.75, 3.05) is 6.54 Å². The molecule has 1 saturated heterocycles. The van der Waals surface area contributed by atoms with Gasteiger partial charge < -0.3 is 14.6 Å². The molecule has 1 aliphatic heterocycles. The number of nitrogens with zero attached hydrogens (tertiary/aromatic N) is 6. The lowest BCUT2D eigenvalue weighted by Gasteiger charge is -2.16. The molecule has 12 heteroatoms. The average Bonchev–Trinajstić information content (AvgIpc) is 3.49. The van der Waals surface area contributed by atoms with Gasteiger partial charge in [-0.25, -0.2) is 4.98 Å². The second kappa shape index (κ2) is 8.10. The van der Waals surface area contributed by atoms with Crippen LogP contribution in [0, 0.1) is 11.5 Å². The first-order chi connectivity index (χ1) is 14.8. The monoisotopic (exact) mass is 431 g/mol. The zero-order chi connectivity index (χ0) is 22.0. The van der Waals surface area contributed by atoms with Crippen LogP contribution >= 0.6 is 0 Å². The van der Waals surface area contributed by atoms with Crippen LogP contribution < -0.4 is 5.32 Å². The summed E-state index contributed by atoms with van der Waals surface area (Å²) in [5.41, 5.74) is -0.667. The molecule has 0 spiro atoms. The van der Waals surface area contributed by atoms with Crippen LogP contribution in [0.15, 0.2) is 47.3 Å². The fourth-order valence-corrected chi connectivity index (χ4v) is 3.47. The van der Waals surface area contributed by atoms with E-state index in [1.54, 1.807) is 15.8 Å². The van der Waals surface area contributed by atoms with E-state index in [1.807, 2.05) is 0 Å². The summed E-state index contributed by atoms with van der Waals surface area (Å²) in [7, 11) is 0. The van der Waals surface area contributed by atoms with Crippen molar-refractivity contribution >= 4 is 5.91 Å². The van der Waals surface area contributed by atoms with Gasteiger partial charge in [0.1, 0.15) is 0 Å². The maximum atomic E-state index is 12.9. The van der Waals surface area contributed by atoms with Gasteiger partial charge in [-0.2, -0.15) is 18.4 Å². The van der Waals surface area contributed by atoms with E-state index in [0.717, 1.165) is 12.1 Å². The van der Waals surface area contributed by atoms with E-state index < -0.39 is 17.6 Å². The number of likely N-dealkylation sites (tertiary alicyclic amines) is 1. The zero-order valence-corrected chi connectivity index (χ0v) is 16.0. The Balaban J connectivity index is 1.42. The van der Waals surface area contributed by atoms with E-state index in [9.17, 15) is 23.2 Å². The Morgan fingerprint density at radius 3 is 2.94 bits per heavy atom. The van der Waals surface area contributed by atoms with Crippen molar-refractivity contribution in [1.29, 1.82) is 5.26 Å². The SMILES string of the molecule is N#CN1C[C@H](NC(=O)c2ncc(-c3cccc(C(F)(F)F)c3)o2)C[C@@H]1Cn1ccnn1. The van der Waals surface area contributed by atoms with Crippen LogP contribution in [0.1, 0.15) is 22.7 Å². The number of nitrogens with one attached hydrogen (secondary N) is 1. The lowest BCUT2D eigenvalue weighted by molar-refractivity contribution is -0.137. The highest BCUT2D eigenvalue weighted by Gasteiger charge is 2.34. The molecule has 1 amide bonds. The number of hydrogen-bond donors (Lipinski definition) is 1. The minimum Gasteiger partial charge on any atom is -0.432 e. The molecule has 0 saturated carbocycles. The Bertz CT molecular complexity index is 1100. The van der Waals surface area contributed by atoms with Gasteiger partial charge in [-0.1, -0.05) is 17.3 Å². The molecule has 1 aliphatic rings. The highest BCUT2D eigenvalue weighted by atomic mass is 19.4. The Hall–Kier alpha value is -3.88. The molecule has 0 radical (unpaired) electrons. The molecular formula is C19H16F3N7O2. The van der Waals surface area contributed by atoms with Crippen LogP contribution in [0.2, 0.25) is 0 Å². The summed E-state index contributed by atoms with van der Waals surface area (Å²) in [6.07, 6.45) is 2.53. The molecule has 3 heterocycles. The second-order valence-electron chi connectivity index (χ2n) is 7.05. The average molecular weight is 431 g/mol. The van der Waals surface area contributed by atoms with Gasteiger partial charge in [0.05, 0.1) is 30.5 Å². The first kappa shape index (κ1) is 20.4. The number of benzene rings is 1. The van der Waals surface area contributed by atoms with Crippen molar-refractivity contribution in [3.63, 3.8) is 0 Å². The first-order valence-electron chi connectivity index (χ1n) is 9.28. The third kappa shape index (κ3) is 4.50. The molecule has 0 aliphatic carbocycles. The summed E-state index contributed by atoms with van der Waals surface area (Å²) < 4.78 is 45.7. The molecule has 31 heavy (non-hydrogen) atoms. The van der Waals surface area contributed by atoms with Crippen LogP contribution in [0.4, 0.5) is 13.2 Å². The third-order valence-electron chi connectivity index (χ3n) is 4.92. The molecule has 4 rings (SSSR count). The van der Waals surface area contributed by atoms with Gasteiger partial charge in [0.15, 0.2) is 12.0 Å². The van der Waals surface area contributed by atoms with Gasteiger partial charge in [-0.05, 0) is 18.6 Å². The fraction of sp³-hybridized carbons (Fsp3) is 0.316. The first-order valence-corrected chi connectivity index (χ1v) is 9.28. The van der Waals surface area contributed by atoms with E-state index in [2.05, 4.69) is 26.8 Å². The smallest absolute Gasteiger partial charge is 0.416 e. The topological polar surface area (TPSA) is 113 Å². The van der Waals surface area contributed by atoms with Crippen molar-refractivity contribution in [3.05, 3.63) is 54.3 Å². The minimum absolute atomic E-state index is 0.0467. The quantitative estimate of drug-likeness (QED) is 0.617. The standard InChI is InChI=1S/C19H16F3N7O2/c20-19(21,22)13-3-1-2-12(6-13)16-8-24-18(31-16)17(30)26-14-7-15(28(9-14)11-23)10-29-5-4-25-27-29/h1-6,8,14-15H,7,9-10H2,(H,26,30)/t14-,15-/m1/s1. The van der Waals surface area contributed by atoms with E-state index in [0.29, 0.717) is 19.5 Å². The van der Waals surface area contributed by atoms with Gasteiger partial charge in [0.2, 0.25) is 0 Å². The number of hydrogen-bond acceptors (Lipinski definition) is 7. The molecule has 1 N–H and O–H groups in total. The van der Waals surface area contributed by atoms with Crippen LogP contribution in [0.25, 0.3) is 11.3 Å². The molecule has 9 nitrogen and oxygen atoms in total. The van der Waals surface area contributed by atoms with Gasteiger partial charge in [-0.15, -0.1) is 5.10 Å². The van der Waals surface area contributed by atoms with Crippen LogP contribution in [0.5, 0.6) is 0 Å². The van der Waals surface area contributed by atoms with E-state index in [1.165, 1.54) is 24.5 Å². The van der Waals surface area contributed by atoms with Crippen LogP contribution in [0.3, 0.4) is 0 Å². The molecule has 2 aromatic heterocycles. The van der Waals surface area contributed by atoms with Gasteiger partial charge >= 0.3 is 12.1 Å². The highest BCUT2D eigenvalue weighted by Crippen LogP contribution is 2.32. The minimum atomic E-state index is -4.49. The molecule has 0 bridgehead atoms. The fourth-order valence-electron chi connectivity index (χ4n) is 3.47. The largest absolute Gasteiger partial charge is 0.432 e. The maximum absolute atomic E-state index is 12.9. The predicted molar refractivity (Wildman–Crippen MR) is 98.9 cm³/mol. The van der Waals surface area contributed by atoms with Crippen LogP contribution in [-0.2, 0) is 12.7 Å². The van der Waals surface area contributed by atoms with Crippen molar-refractivity contribution < 1.29 is 22.4 Å². The lowest BCUT2D eigenvalue weighted by Crippen LogP contribution is -2.36. The Morgan fingerprint density at radius 2 is 2.23 bits per heavy atom. The Morgan fingerprint density at radius 1 is 1.39 bits per heavy atom. The summed E-state index contributed by atoms with van der Waals surface area (Å²) in [5, 5.41) is 19.7. The molecule has 0 unspecified atom stereocenters. The zero-order valence-electron chi connectivity index (χ0n) is 16.0. The van der Waals surface area contributed by atoms with Crippen molar-refractivity contribution in [2.45, 2.75) is 31.2 Å². The maximum Gasteiger partial charge on any atom is 0.416 e. The second-order valence-corrected chi connectivity index (χ2v) is 7.05. The van der Waals surface area contributed by atoms with E-state index in [4.69, 9.17) is 4.42 Å². The van der Waals surface area contributed by atoms with Gasteiger partial charge in [0, 0.05) is 24.3 Å². The van der Waals surface area contributed by atoms with Crippen molar-refractivity contribution in [3.8, 4) is 17.5 Å². The number of carbonyl (C=O) groups excluding carboxylic acids is 1. The molecule has 3 aromatic rings. The summed E-state index contributed by atoms with van der Waals surface area (Å²) in [5.74, 6) is -0.830. The van der Waals surface area contributed by atoms with Crippen molar-refractivity contribution in [1.82, 2.24) is 30.2 Å². The van der Waals surface area contributed by atoms with E-state index in [-0.39, 0.29) is 29.3 Å². The molecular weight excluding hydrogens is 415 g/mol. The summed E-state index contributed by atoms with van der Waals surface area (Å²) >= 11 is 0. The molecule has 1 fully saturated rings. The van der Waals surface area contributed by atoms with E-state index >= 15 is 0 Å². The molecule has 1 aromatic carbocycles. The predicted octanol–water partition coefficient (Wildman–Crippen LogP) is 2.31. The number of rotatable bonds is 5. The van der Waals surface area contributed by atoms with Gasteiger partial charge in [-0.3, -0.25) is 9.48 Å². The Labute approximate surface area is 174 Å². The number of halogens is 3. The number of oxazole rings is 1. The molecule has 160 valence electrons. The highest BCUT2D eigenvalue weighted by molar-refractivity contribution is 5.90. The van der Waals surface area contributed by atoms with Gasteiger partial charge in [0.25, 0.3) is 5.89 Å². The van der Waals surface area contributed by atoms with Crippen LogP contribution in [-0.4, -0.2) is 49.4 Å².